The Balaban J connectivity index is 0.961. The van der Waals surface area contributed by atoms with Gasteiger partial charge < -0.3 is 13.3 Å². The fourth-order valence-corrected chi connectivity index (χ4v) is 8.85. The molecule has 0 atom stereocenters. The molecule has 61 heavy (non-hydrogen) atoms. The third-order valence-corrected chi connectivity index (χ3v) is 11.8. The van der Waals surface area contributed by atoms with Crippen LogP contribution in [0.4, 0.5) is 34.4 Å². The van der Waals surface area contributed by atoms with Crippen LogP contribution in [0.25, 0.3) is 87.5 Å². The molecule has 0 saturated carbocycles. The van der Waals surface area contributed by atoms with Crippen LogP contribution in [0.3, 0.4) is 0 Å². The van der Waals surface area contributed by atoms with Crippen LogP contribution < -0.4 is 9.80 Å². The molecule has 8 heteroatoms. The van der Waals surface area contributed by atoms with Crippen molar-refractivity contribution in [3.05, 3.63) is 188 Å². The number of aromatic nitrogens is 3. The zero-order valence-corrected chi connectivity index (χ0v) is 32.4. The van der Waals surface area contributed by atoms with E-state index in [1.807, 2.05) is 36.5 Å². The van der Waals surface area contributed by atoms with Crippen molar-refractivity contribution in [3.63, 3.8) is 0 Å². The lowest BCUT2D eigenvalue weighted by molar-refractivity contribution is 0.654. The molecule has 0 unspecified atom stereocenters. The van der Waals surface area contributed by atoms with Gasteiger partial charge in [0.25, 0.3) is 0 Å². The SMILES string of the molecule is c1ccc2cc(N(c3ccc4c(c3)oc3cnccc34)c3cc4oc5cc(N(c6ccc7ccccc7c6)c6ccc7c(n6)oc6ccccc67)ccc5c4cn3)ccc2c1. The fraction of sp³-hybridized carbons (Fsp3) is 0. The molecule has 8 nitrogen and oxygen atoms in total. The van der Waals surface area contributed by atoms with Gasteiger partial charge >= 0.3 is 0 Å². The molecule has 0 amide bonds. The molecular weight excluding hydrogens is 755 g/mol. The highest BCUT2D eigenvalue weighted by molar-refractivity contribution is 6.09. The van der Waals surface area contributed by atoms with E-state index in [-0.39, 0.29) is 0 Å². The highest BCUT2D eigenvalue weighted by atomic mass is 16.3. The van der Waals surface area contributed by atoms with Crippen molar-refractivity contribution in [1.29, 1.82) is 0 Å². The number of hydrogen-bond acceptors (Lipinski definition) is 8. The third-order valence-electron chi connectivity index (χ3n) is 11.8. The average Bonchev–Trinajstić information content (AvgIpc) is 3.99. The topological polar surface area (TPSA) is 84.6 Å². The molecule has 6 heterocycles. The molecule has 0 N–H and O–H groups in total. The number of fused-ring (bicyclic) bond motifs is 11. The van der Waals surface area contributed by atoms with Crippen LogP contribution in [-0.2, 0) is 0 Å². The van der Waals surface area contributed by atoms with Crippen LogP contribution in [0.15, 0.2) is 202 Å². The van der Waals surface area contributed by atoms with E-state index in [0.29, 0.717) is 11.5 Å². The van der Waals surface area contributed by atoms with Crippen LogP contribution in [0.5, 0.6) is 0 Å². The van der Waals surface area contributed by atoms with Gasteiger partial charge in [0.2, 0.25) is 5.71 Å². The molecule has 0 radical (unpaired) electrons. The van der Waals surface area contributed by atoms with Crippen LogP contribution in [0.1, 0.15) is 0 Å². The maximum atomic E-state index is 6.78. The van der Waals surface area contributed by atoms with Gasteiger partial charge in [-0.2, -0.15) is 4.98 Å². The lowest BCUT2D eigenvalue weighted by Gasteiger charge is -2.24. The minimum absolute atomic E-state index is 0.584. The number of benzene rings is 7. The first-order valence-corrected chi connectivity index (χ1v) is 20.1. The van der Waals surface area contributed by atoms with Crippen molar-refractivity contribution >= 4 is 122 Å². The fourth-order valence-electron chi connectivity index (χ4n) is 8.85. The van der Waals surface area contributed by atoms with Crippen molar-refractivity contribution < 1.29 is 13.3 Å². The van der Waals surface area contributed by atoms with Crippen molar-refractivity contribution in [3.8, 4) is 0 Å². The summed E-state index contributed by atoms with van der Waals surface area (Å²) in [6, 6.07) is 58.5. The zero-order valence-electron chi connectivity index (χ0n) is 32.4. The average molecular weight is 786 g/mol. The Morgan fingerprint density at radius 1 is 0.344 bits per heavy atom. The number of pyridine rings is 3. The third kappa shape index (κ3) is 5.36. The van der Waals surface area contributed by atoms with E-state index in [1.165, 1.54) is 0 Å². The first-order chi connectivity index (χ1) is 30.2. The minimum atomic E-state index is 0.584. The van der Waals surface area contributed by atoms with Gasteiger partial charge in [0, 0.05) is 74.3 Å². The summed E-state index contributed by atoms with van der Waals surface area (Å²) in [5.41, 5.74) is 8.08. The van der Waals surface area contributed by atoms with E-state index < -0.39 is 0 Å². The minimum Gasteiger partial charge on any atom is -0.456 e. The normalized spacial score (nSPS) is 11.9. The summed E-state index contributed by atoms with van der Waals surface area (Å²) < 4.78 is 19.4. The summed E-state index contributed by atoms with van der Waals surface area (Å²) in [4.78, 5) is 18.8. The second-order valence-corrected chi connectivity index (χ2v) is 15.3. The Morgan fingerprint density at radius 3 is 1.62 bits per heavy atom. The summed E-state index contributed by atoms with van der Waals surface area (Å²) in [7, 11) is 0. The van der Waals surface area contributed by atoms with Crippen LogP contribution in [-0.4, -0.2) is 15.0 Å². The number of nitrogens with zero attached hydrogens (tertiary/aromatic N) is 5. The molecule has 0 bridgehead atoms. The Hall–Kier alpha value is -8.49. The molecule has 0 aliphatic heterocycles. The molecule has 0 aliphatic rings. The molecule has 7 aromatic carbocycles. The number of rotatable bonds is 6. The van der Waals surface area contributed by atoms with Gasteiger partial charge in [-0.25, -0.2) is 4.98 Å². The van der Waals surface area contributed by atoms with Crippen molar-refractivity contribution in [2.45, 2.75) is 0 Å². The summed E-state index contributed by atoms with van der Waals surface area (Å²) in [5.74, 6) is 1.44. The van der Waals surface area contributed by atoms with Crippen molar-refractivity contribution in [2.75, 3.05) is 9.80 Å². The standard InChI is InChI=1S/C53H31N5O3/c1-3-9-34-25-36(15-13-32(34)7-1)57(51-22-21-44-40-11-5-6-12-46(40)61-53(44)56-51)38-18-20-42-45-30-55-52(29-49(45)59-48(42)27-38)58(37-16-14-33-8-2-4-10-35(33)26-37)39-17-19-41-43-23-24-54-31-50(43)60-47(41)28-39/h1-31H. The number of hydrogen-bond donors (Lipinski definition) is 0. The van der Waals surface area contributed by atoms with Crippen LogP contribution in [0.2, 0.25) is 0 Å². The molecule has 0 aliphatic carbocycles. The van der Waals surface area contributed by atoms with E-state index >= 15 is 0 Å². The van der Waals surface area contributed by atoms with Crippen LogP contribution >= 0.6 is 0 Å². The molecule has 13 aromatic rings. The molecule has 0 spiro atoms. The van der Waals surface area contributed by atoms with Crippen molar-refractivity contribution in [2.24, 2.45) is 0 Å². The van der Waals surface area contributed by atoms with E-state index in [9.17, 15) is 0 Å². The molecular formula is C53H31N5O3. The number of anilines is 6. The number of para-hydroxylation sites is 1. The Kier molecular flexibility index (Phi) is 7.14. The Morgan fingerprint density at radius 2 is 0.885 bits per heavy atom. The lowest BCUT2D eigenvalue weighted by atomic mass is 10.1. The molecule has 286 valence electrons. The highest BCUT2D eigenvalue weighted by Gasteiger charge is 2.22. The van der Waals surface area contributed by atoms with Gasteiger partial charge in [0.15, 0.2) is 5.58 Å². The lowest BCUT2D eigenvalue weighted by Crippen LogP contribution is -2.11. The second kappa shape index (κ2) is 13.0. The maximum absolute atomic E-state index is 6.78. The Bertz CT molecular complexity index is 3630. The van der Waals surface area contributed by atoms with E-state index in [0.717, 1.165) is 110 Å². The van der Waals surface area contributed by atoms with Gasteiger partial charge in [-0.15, -0.1) is 0 Å². The van der Waals surface area contributed by atoms with Gasteiger partial charge in [0.05, 0.1) is 17.6 Å². The quantitative estimate of drug-likeness (QED) is 0.165. The van der Waals surface area contributed by atoms with E-state index in [2.05, 4.69) is 154 Å². The first kappa shape index (κ1) is 33.5. The maximum Gasteiger partial charge on any atom is 0.229 e. The summed E-state index contributed by atoms with van der Waals surface area (Å²) in [5, 5.41) is 10.5. The van der Waals surface area contributed by atoms with E-state index in [4.69, 9.17) is 23.2 Å². The molecule has 0 fully saturated rings. The molecule has 0 saturated heterocycles. The Labute approximate surface area is 347 Å². The smallest absolute Gasteiger partial charge is 0.229 e. The van der Waals surface area contributed by atoms with Crippen molar-refractivity contribution in [1.82, 2.24) is 15.0 Å². The van der Waals surface area contributed by atoms with E-state index in [1.54, 1.807) is 12.4 Å². The van der Waals surface area contributed by atoms with Crippen LogP contribution in [0, 0.1) is 0 Å². The summed E-state index contributed by atoms with van der Waals surface area (Å²) in [6.45, 7) is 0. The van der Waals surface area contributed by atoms with Gasteiger partial charge in [-0.3, -0.25) is 14.8 Å². The number of furan rings is 3. The molecule has 13 rings (SSSR count). The van der Waals surface area contributed by atoms with Gasteiger partial charge in [0.1, 0.15) is 34.0 Å². The van der Waals surface area contributed by atoms with Gasteiger partial charge in [-0.05, 0) is 94.3 Å². The second-order valence-electron chi connectivity index (χ2n) is 15.3. The largest absolute Gasteiger partial charge is 0.456 e. The predicted molar refractivity (Wildman–Crippen MR) is 246 cm³/mol. The highest BCUT2D eigenvalue weighted by Crippen LogP contribution is 2.43. The monoisotopic (exact) mass is 785 g/mol. The predicted octanol–water partition coefficient (Wildman–Crippen LogP) is 14.8. The summed E-state index contributed by atoms with van der Waals surface area (Å²) in [6.07, 6.45) is 5.46. The van der Waals surface area contributed by atoms with Gasteiger partial charge in [-0.1, -0.05) is 78.9 Å². The summed E-state index contributed by atoms with van der Waals surface area (Å²) >= 11 is 0. The molecule has 6 aromatic heterocycles. The zero-order chi connectivity index (χ0) is 40.0. The first-order valence-electron chi connectivity index (χ1n) is 20.1.